The minimum atomic E-state index is -0.272. The molecule has 2 aliphatic heterocycles. The third-order valence-electron chi connectivity index (χ3n) is 5.94. The summed E-state index contributed by atoms with van der Waals surface area (Å²) in [6.45, 7) is 12.8. The second kappa shape index (κ2) is 7.68. The van der Waals surface area contributed by atoms with Crippen LogP contribution in [-0.2, 0) is 15.1 Å². The molecule has 1 N–H and O–H groups in total. The lowest BCUT2D eigenvalue weighted by Gasteiger charge is -2.39. The fourth-order valence-corrected chi connectivity index (χ4v) is 4.50. The molecule has 2 aromatic heterocycles. The zero-order valence-electron chi connectivity index (χ0n) is 18.5. The van der Waals surface area contributed by atoms with Crippen molar-refractivity contribution >= 4 is 22.9 Å². The van der Waals surface area contributed by atoms with Crippen LogP contribution in [0, 0.1) is 5.92 Å². The number of amides is 1. The van der Waals surface area contributed by atoms with Crippen molar-refractivity contribution in [1.29, 1.82) is 0 Å². The molecule has 2 saturated heterocycles. The summed E-state index contributed by atoms with van der Waals surface area (Å²) in [5.74, 6) is 0.784. The Morgan fingerprint density at radius 2 is 1.80 bits per heavy atom. The monoisotopic (exact) mass is 416 g/mol. The summed E-state index contributed by atoms with van der Waals surface area (Å²) in [5.41, 5.74) is 0.141. The summed E-state index contributed by atoms with van der Waals surface area (Å²) in [6.07, 6.45) is 3.22. The molecule has 0 aromatic carbocycles. The summed E-state index contributed by atoms with van der Waals surface area (Å²) < 4.78 is 7.54. The zero-order valence-corrected chi connectivity index (χ0v) is 18.5. The Morgan fingerprint density at radius 3 is 2.40 bits per heavy atom. The van der Waals surface area contributed by atoms with Gasteiger partial charge in [0.05, 0.1) is 23.9 Å². The number of aromatic amines is 1. The summed E-state index contributed by atoms with van der Waals surface area (Å²) in [7, 11) is 0. The second-order valence-electron chi connectivity index (χ2n) is 9.62. The van der Waals surface area contributed by atoms with Crippen molar-refractivity contribution < 1.29 is 9.53 Å². The molecule has 9 nitrogen and oxygen atoms in total. The van der Waals surface area contributed by atoms with Crippen molar-refractivity contribution in [2.75, 3.05) is 31.1 Å². The Labute approximate surface area is 176 Å². The highest BCUT2D eigenvalue weighted by molar-refractivity contribution is 5.79. The van der Waals surface area contributed by atoms with Crippen LogP contribution in [0.15, 0.2) is 11.0 Å². The highest BCUT2D eigenvalue weighted by Crippen LogP contribution is 2.25. The predicted molar refractivity (Wildman–Crippen MR) is 115 cm³/mol. The first-order valence-electron chi connectivity index (χ1n) is 10.8. The van der Waals surface area contributed by atoms with Gasteiger partial charge in [-0.1, -0.05) is 0 Å². The van der Waals surface area contributed by atoms with Gasteiger partial charge in [-0.2, -0.15) is 10.1 Å². The number of aromatic nitrogens is 4. The van der Waals surface area contributed by atoms with Gasteiger partial charge in [-0.3, -0.25) is 14.6 Å². The van der Waals surface area contributed by atoms with Gasteiger partial charge in [0.1, 0.15) is 5.39 Å². The molecule has 0 bridgehead atoms. The number of H-pyrrole nitrogens is 1. The van der Waals surface area contributed by atoms with Gasteiger partial charge in [0.25, 0.3) is 5.56 Å². The van der Waals surface area contributed by atoms with Gasteiger partial charge in [0, 0.05) is 32.1 Å². The molecule has 2 unspecified atom stereocenters. The normalized spacial score (nSPS) is 23.9. The van der Waals surface area contributed by atoms with Crippen LogP contribution in [0.2, 0.25) is 0 Å². The fourth-order valence-electron chi connectivity index (χ4n) is 4.50. The molecule has 2 aromatic rings. The number of carbonyl (C=O) groups excluding carboxylic acids is 1. The smallest absolute Gasteiger partial charge is 0.263 e. The van der Waals surface area contributed by atoms with Crippen LogP contribution >= 0.6 is 0 Å². The van der Waals surface area contributed by atoms with Crippen LogP contribution in [0.4, 0.5) is 5.95 Å². The molecule has 0 radical (unpaired) electrons. The molecular formula is C21H32N6O3. The quantitative estimate of drug-likeness (QED) is 0.801. The summed E-state index contributed by atoms with van der Waals surface area (Å²) in [5, 5.41) is 4.86. The number of nitrogens with zero attached hydrogens (tertiary/aromatic N) is 5. The number of ether oxygens (including phenoxy) is 1. The first kappa shape index (κ1) is 20.8. The standard InChI is InChI=1S/C21H32N6O3/c1-13-11-26(12-14(2)30-13)19(29)15-6-8-25(9-7-15)20-23-17-16(18(28)24-20)10-22-27(17)21(3,4)5/h10,13-15H,6-9,11-12H2,1-5H3,(H,23,24,28). The maximum Gasteiger partial charge on any atom is 0.263 e. The largest absolute Gasteiger partial charge is 0.372 e. The van der Waals surface area contributed by atoms with Crippen molar-refractivity contribution in [3.63, 3.8) is 0 Å². The van der Waals surface area contributed by atoms with Crippen molar-refractivity contribution in [2.24, 2.45) is 5.92 Å². The number of carbonyl (C=O) groups is 1. The van der Waals surface area contributed by atoms with Gasteiger partial charge in [0.15, 0.2) is 5.65 Å². The Kier molecular flexibility index (Phi) is 5.34. The van der Waals surface area contributed by atoms with Crippen LogP contribution < -0.4 is 10.5 Å². The Hall–Kier alpha value is -2.42. The van der Waals surface area contributed by atoms with E-state index in [1.54, 1.807) is 10.9 Å². The topological polar surface area (TPSA) is 96.4 Å². The maximum absolute atomic E-state index is 13.0. The second-order valence-corrected chi connectivity index (χ2v) is 9.62. The number of morpholine rings is 1. The van der Waals surface area contributed by atoms with E-state index < -0.39 is 0 Å². The molecule has 4 heterocycles. The van der Waals surface area contributed by atoms with Crippen molar-refractivity contribution in [1.82, 2.24) is 24.6 Å². The minimum absolute atomic E-state index is 0.00862. The van der Waals surface area contributed by atoms with E-state index in [-0.39, 0.29) is 35.1 Å². The molecule has 4 rings (SSSR count). The molecule has 2 atom stereocenters. The number of hydrogen-bond acceptors (Lipinski definition) is 6. The molecule has 2 fully saturated rings. The summed E-state index contributed by atoms with van der Waals surface area (Å²) in [6, 6.07) is 0. The van der Waals surface area contributed by atoms with Crippen LogP contribution in [0.25, 0.3) is 11.0 Å². The van der Waals surface area contributed by atoms with Gasteiger partial charge in [-0.25, -0.2) is 4.68 Å². The lowest BCUT2D eigenvalue weighted by Crippen LogP contribution is -2.51. The SMILES string of the molecule is CC1CN(C(=O)C2CCN(c3nc4c(cnn4C(C)(C)C)c(=O)[nH]3)CC2)CC(C)O1. The molecule has 0 aliphatic carbocycles. The summed E-state index contributed by atoms with van der Waals surface area (Å²) >= 11 is 0. The number of piperidine rings is 1. The van der Waals surface area contributed by atoms with Gasteiger partial charge < -0.3 is 14.5 Å². The summed E-state index contributed by atoms with van der Waals surface area (Å²) in [4.78, 5) is 37.2. The van der Waals surface area contributed by atoms with E-state index in [1.807, 2.05) is 39.5 Å². The molecule has 9 heteroatoms. The highest BCUT2D eigenvalue weighted by Gasteiger charge is 2.33. The van der Waals surface area contributed by atoms with Crippen molar-refractivity contribution in [3.8, 4) is 0 Å². The Balaban J connectivity index is 1.48. The van der Waals surface area contributed by atoms with Crippen LogP contribution in [-0.4, -0.2) is 68.9 Å². The van der Waals surface area contributed by atoms with E-state index in [1.165, 1.54) is 0 Å². The van der Waals surface area contributed by atoms with E-state index in [0.717, 1.165) is 12.8 Å². The molecule has 164 valence electrons. The first-order valence-corrected chi connectivity index (χ1v) is 10.8. The van der Waals surface area contributed by atoms with Gasteiger partial charge in [-0.15, -0.1) is 0 Å². The number of anilines is 1. The van der Waals surface area contributed by atoms with Gasteiger partial charge >= 0.3 is 0 Å². The lowest BCUT2D eigenvalue weighted by molar-refractivity contribution is -0.148. The Morgan fingerprint density at radius 1 is 1.17 bits per heavy atom. The van der Waals surface area contributed by atoms with E-state index in [4.69, 9.17) is 9.72 Å². The van der Waals surface area contributed by atoms with E-state index in [9.17, 15) is 9.59 Å². The average Bonchev–Trinajstić information content (AvgIpc) is 3.12. The van der Waals surface area contributed by atoms with E-state index in [0.29, 0.717) is 43.2 Å². The highest BCUT2D eigenvalue weighted by atomic mass is 16.5. The third-order valence-corrected chi connectivity index (χ3v) is 5.94. The van der Waals surface area contributed by atoms with Gasteiger partial charge in [-0.05, 0) is 47.5 Å². The molecule has 1 amide bonds. The van der Waals surface area contributed by atoms with Gasteiger partial charge in [0.2, 0.25) is 11.9 Å². The average molecular weight is 417 g/mol. The molecule has 0 saturated carbocycles. The zero-order chi connectivity index (χ0) is 21.6. The fraction of sp³-hybridized carbons (Fsp3) is 0.714. The number of hydrogen-bond donors (Lipinski definition) is 1. The molecule has 2 aliphatic rings. The van der Waals surface area contributed by atoms with Crippen molar-refractivity contribution in [3.05, 3.63) is 16.6 Å². The van der Waals surface area contributed by atoms with Crippen LogP contribution in [0.5, 0.6) is 0 Å². The maximum atomic E-state index is 13.0. The number of rotatable bonds is 2. The molecular weight excluding hydrogens is 384 g/mol. The van der Waals surface area contributed by atoms with Crippen LogP contribution in [0.1, 0.15) is 47.5 Å². The minimum Gasteiger partial charge on any atom is -0.372 e. The number of fused-ring (bicyclic) bond motifs is 1. The van der Waals surface area contributed by atoms with E-state index >= 15 is 0 Å². The number of nitrogens with one attached hydrogen (secondary N) is 1. The lowest BCUT2D eigenvalue weighted by atomic mass is 9.95. The van der Waals surface area contributed by atoms with Crippen LogP contribution in [0.3, 0.4) is 0 Å². The third kappa shape index (κ3) is 3.95. The molecule has 30 heavy (non-hydrogen) atoms. The van der Waals surface area contributed by atoms with E-state index in [2.05, 4.69) is 15.0 Å². The first-order chi connectivity index (χ1) is 14.1. The predicted octanol–water partition coefficient (Wildman–Crippen LogP) is 1.73. The molecule has 0 spiro atoms. The van der Waals surface area contributed by atoms with Crippen molar-refractivity contribution in [2.45, 2.75) is 65.2 Å². The Bertz CT molecular complexity index is 973.